The van der Waals surface area contributed by atoms with Gasteiger partial charge < -0.3 is 5.32 Å². The first-order chi connectivity index (χ1) is 9.61. The third kappa shape index (κ3) is 4.03. The highest BCUT2D eigenvalue weighted by molar-refractivity contribution is 9.10. The summed E-state index contributed by atoms with van der Waals surface area (Å²) in [6, 6.07) is 6.23. The van der Waals surface area contributed by atoms with E-state index in [1.54, 1.807) is 6.07 Å². The van der Waals surface area contributed by atoms with Gasteiger partial charge in [-0.2, -0.15) is 0 Å². The molecule has 1 aromatic rings. The van der Waals surface area contributed by atoms with E-state index in [-0.39, 0.29) is 5.82 Å². The Kier molecular flexibility index (Phi) is 6.00. The van der Waals surface area contributed by atoms with Gasteiger partial charge in [-0.15, -0.1) is 0 Å². The Morgan fingerprint density at radius 2 is 2.25 bits per heavy atom. The fraction of sp³-hybridized carbons (Fsp3) is 0.625. The van der Waals surface area contributed by atoms with Crippen LogP contribution >= 0.6 is 15.9 Å². The summed E-state index contributed by atoms with van der Waals surface area (Å²) < 4.78 is 13.9. The molecule has 1 heterocycles. The maximum atomic E-state index is 13.3. The van der Waals surface area contributed by atoms with Gasteiger partial charge in [-0.05, 0) is 66.5 Å². The Labute approximate surface area is 129 Å². The van der Waals surface area contributed by atoms with Gasteiger partial charge in [0.05, 0.1) is 4.47 Å². The lowest BCUT2D eigenvalue weighted by atomic mass is 10.0. The number of nitrogens with one attached hydrogen (secondary N) is 1. The quantitative estimate of drug-likeness (QED) is 0.865. The minimum Gasteiger partial charge on any atom is -0.313 e. The molecular weight excluding hydrogens is 319 g/mol. The Morgan fingerprint density at radius 1 is 1.45 bits per heavy atom. The SMILES string of the molecule is CCN(CC1CCCCN1)C(C)c1ccc(F)c(Br)c1. The van der Waals surface area contributed by atoms with Crippen molar-refractivity contribution < 1.29 is 4.39 Å². The van der Waals surface area contributed by atoms with Crippen LogP contribution in [0.25, 0.3) is 0 Å². The Balaban J connectivity index is 2.03. The number of benzene rings is 1. The lowest BCUT2D eigenvalue weighted by Gasteiger charge is -2.34. The smallest absolute Gasteiger partial charge is 0.137 e. The van der Waals surface area contributed by atoms with Crippen LogP contribution in [0.15, 0.2) is 22.7 Å². The predicted octanol–water partition coefficient (Wildman–Crippen LogP) is 4.11. The molecule has 1 N–H and O–H groups in total. The molecule has 2 atom stereocenters. The second-order valence-corrected chi connectivity index (χ2v) is 6.44. The molecule has 1 fully saturated rings. The number of hydrogen-bond acceptors (Lipinski definition) is 2. The average molecular weight is 343 g/mol. The summed E-state index contributed by atoms with van der Waals surface area (Å²) in [5, 5.41) is 3.60. The first kappa shape index (κ1) is 15.9. The molecule has 0 amide bonds. The maximum absolute atomic E-state index is 13.3. The molecule has 0 aliphatic carbocycles. The van der Waals surface area contributed by atoms with E-state index in [1.165, 1.54) is 19.3 Å². The van der Waals surface area contributed by atoms with Gasteiger partial charge in [-0.1, -0.05) is 19.4 Å². The van der Waals surface area contributed by atoms with Crippen molar-refractivity contribution in [3.63, 3.8) is 0 Å². The van der Waals surface area contributed by atoms with Crippen LogP contribution in [0.1, 0.15) is 44.7 Å². The molecule has 2 nitrogen and oxygen atoms in total. The van der Waals surface area contributed by atoms with E-state index in [9.17, 15) is 4.39 Å². The molecule has 1 aliphatic heterocycles. The third-order valence-corrected chi connectivity index (χ3v) is 4.85. The summed E-state index contributed by atoms with van der Waals surface area (Å²) in [6.07, 6.45) is 3.88. The van der Waals surface area contributed by atoms with E-state index in [2.05, 4.69) is 40.0 Å². The molecule has 0 radical (unpaired) electrons. The zero-order valence-electron chi connectivity index (χ0n) is 12.3. The summed E-state index contributed by atoms with van der Waals surface area (Å²) >= 11 is 3.28. The van der Waals surface area contributed by atoms with Crippen molar-refractivity contribution >= 4 is 15.9 Å². The van der Waals surface area contributed by atoms with Crippen molar-refractivity contribution in [2.24, 2.45) is 0 Å². The zero-order chi connectivity index (χ0) is 14.5. The number of nitrogens with zero attached hydrogens (tertiary/aromatic N) is 1. The molecule has 0 bridgehead atoms. The molecule has 1 aliphatic rings. The first-order valence-electron chi connectivity index (χ1n) is 7.54. The molecule has 2 rings (SSSR count). The lowest BCUT2D eigenvalue weighted by molar-refractivity contribution is 0.184. The largest absolute Gasteiger partial charge is 0.313 e. The lowest BCUT2D eigenvalue weighted by Crippen LogP contribution is -2.44. The molecule has 0 spiro atoms. The highest BCUT2D eigenvalue weighted by Gasteiger charge is 2.20. The minimum absolute atomic E-state index is 0.196. The second-order valence-electron chi connectivity index (χ2n) is 5.58. The van der Waals surface area contributed by atoms with Gasteiger partial charge in [0.1, 0.15) is 5.82 Å². The van der Waals surface area contributed by atoms with E-state index in [4.69, 9.17) is 0 Å². The van der Waals surface area contributed by atoms with E-state index in [0.29, 0.717) is 16.6 Å². The van der Waals surface area contributed by atoms with Crippen LogP contribution in [0.2, 0.25) is 0 Å². The summed E-state index contributed by atoms with van der Waals surface area (Å²) in [6.45, 7) is 7.60. The highest BCUT2D eigenvalue weighted by atomic mass is 79.9. The van der Waals surface area contributed by atoms with E-state index in [1.807, 2.05) is 12.1 Å². The number of rotatable bonds is 5. The number of likely N-dealkylation sites (N-methyl/N-ethyl adjacent to an activating group) is 1. The van der Waals surface area contributed by atoms with E-state index < -0.39 is 0 Å². The molecule has 1 aromatic carbocycles. The molecule has 0 saturated carbocycles. The first-order valence-corrected chi connectivity index (χ1v) is 8.33. The standard InChI is InChI=1S/C16H24BrFN2/c1-3-20(11-14-6-4-5-9-19-14)12(2)13-7-8-16(18)15(17)10-13/h7-8,10,12,14,19H,3-6,9,11H2,1-2H3. The molecule has 2 unspecified atom stereocenters. The molecule has 1 saturated heterocycles. The number of halogens is 2. The Morgan fingerprint density at radius 3 is 2.85 bits per heavy atom. The summed E-state index contributed by atoms with van der Waals surface area (Å²) in [4.78, 5) is 2.46. The fourth-order valence-corrected chi connectivity index (χ4v) is 3.30. The van der Waals surface area contributed by atoms with Crippen LogP contribution in [0.4, 0.5) is 4.39 Å². The van der Waals surface area contributed by atoms with Crippen LogP contribution in [0, 0.1) is 5.82 Å². The molecule has 20 heavy (non-hydrogen) atoms. The van der Waals surface area contributed by atoms with Crippen LogP contribution < -0.4 is 5.32 Å². The molecule has 112 valence electrons. The van der Waals surface area contributed by atoms with Crippen molar-refractivity contribution in [2.75, 3.05) is 19.6 Å². The summed E-state index contributed by atoms with van der Waals surface area (Å²) in [7, 11) is 0. The highest BCUT2D eigenvalue weighted by Crippen LogP contribution is 2.25. The van der Waals surface area contributed by atoms with E-state index in [0.717, 1.165) is 25.2 Å². The van der Waals surface area contributed by atoms with Crippen LogP contribution in [0.3, 0.4) is 0 Å². The second kappa shape index (κ2) is 7.53. The minimum atomic E-state index is -0.196. The number of piperidine rings is 1. The van der Waals surface area contributed by atoms with Gasteiger partial charge in [-0.3, -0.25) is 4.90 Å². The number of hydrogen-bond donors (Lipinski definition) is 1. The molecule has 4 heteroatoms. The molecular formula is C16H24BrFN2. The van der Waals surface area contributed by atoms with Gasteiger partial charge in [0, 0.05) is 18.6 Å². The Hall–Kier alpha value is -0.450. The van der Waals surface area contributed by atoms with Gasteiger partial charge >= 0.3 is 0 Å². The van der Waals surface area contributed by atoms with Crippen molar-refractivity contribution in [1.29, 1.82) is 0 Å². The van der Waals surface area contributed by atoms with Crippen molar-refractivity contribution in [3.8, 4) is 0 Å². The van der Waals surface area contributed by atoms with Crippen LogP contribution in [-0.4, -0.2) is 30.6 Å². The predicted molar refractivity (Wildman–Crippen MR) is 85.4 cm³/mol. The Bertz CT molecular complexity index is 432. The normalized spacial score (nSPS) is 21.1. The monoisotopic (exact) mass is 342 g/mol. The van der Waals surface area contributed by atoms with Gasteiger partial charge in [0.15, 0.2) is 0 Å². The van der Waals surface area contributed by atoms with Crippen LogP contribution in [-0.2, 0) is 0 Å². The van der Waals surface area contributed by atoms with Crippen molar-refractivity contribution in [2.45, 2.75) is 45.2 Å². The van der Waals surface area contributed by atoms with Crippen LogP contribution in [0.5, 0.6) is 0 Å². The average Bonchev–Trinajstić information content (AvgIpc) is 2.48. The van der Waals surface area contributed by atoms with E-state index >= 15 is 0 Å². The van der Waals surface area contributed by atoms with Gasteiger partial charge in [0.25, 0.3) is 0 Å². The molecule has 0 aromatic heterocycles. The summed E-state index contributed by atoms with van der Waals surface area (Å²) in [5.74, 6) is -0.196. The summed E-state index contributed by atoms with van der Waals surface area (Å²) in [5.41, 5.74) is 1.16. The van der Waals surface area contributed by atoms with Gasteiger partial charge in [0.2, 0.25) is 0 Å². The van der Waals surface area contributed by atoms with Gasteiger partial charge in [-0.25, -0.2) is 4.39 Å². The zero-order valence-corrected chi connectivity index (χ0v) is 13.9. The third-order valence-electron chi connectivity index (χ3n) is 4.25. The van der Waals surface area contributed by atoms with Crippen molar-refractivity contribution in [1.82, 2.24) is 10.2 Å². The topological polar surface area (TPSA) is 15.3 Å². The fourth-order valence-electron chi connectivity index (χ4n) is 2.91. The maximum Gasteiger partial charge on any atom is 0.137 e. The van der Waals surface area contributed by atoms with Crippen molar-refractivity contribution in [3.05, 3.63) is 34.1 Å².